The van der Waals surface area contributed by atoms with Crippen LogP contribution >= 0.6 is 0 Å². The predicted octanol–water partition coefficient (Wildman–Crippen LogP) is 3.53. The van der Waals surface area contributed by atoms with Crippen molar-refractivity contribution in [2.75, 3.05) is 17.1 Å². The molecule has 0 amide bonds. The highest BCUT2D eigenvalue weighted by atomic mass is 32.2. The third kappa shape index (κ3) is 3.63. The summed E-state index contributed by atoms with van der Waals surface area (Å²) in [5.74, 6) is 0.579. The van der Waals surface area contributed by atoms with Crippen LogP contribution < -0.4 is 15.2 Å². The van der Waals surface area contributed by atoms with Crippen molar-refractivity contribution in [1.82, 2.24) is 0 Å². The SMILES string of the molecule is CCOc1ccc(S(=O)(=O)Nc2ccc(N)c([N+](=O)[O-])c2)c2ccccc12. The van der Waals surface area contributed by atoms with E-state index in [1.54, 1.807) is 30.3 Å². The first-order chi connectivity index (χ1) is 12.8. The molecule has 0 heterocycles. The lowest BCUT2D eigenvalue weighted by Crippen LogP contribution is -2.14. The number of benzene rings is 3. The summed E-state index contributed by atoms with van der Waals surface area (Å²) < 4.78 is 33.7. The van der Waals surface area contributed by atoms with E-state index in [0.29, 0.717) is 23.1 Å². The molecule has 0 atom stereocenters. The van der Waals surface area contributed by atoms with Crippen molar-refractivity contribution in [2.45, 2.75) is 11.8 Å². The van der Waals surface area contributed by atoms with E-state index in [0.717, 1.165) is 6.07 Å². The fraction of sp³-hybridized carbons (Fsp3) is 0.111. The van der Waals surface area contributed by atoms with Crippen molar-refractivity contribution in [3.63, 3.8) is 0 Å². The molecule has 3 aromatic rings. The Hall–Kier alpha value is -3.33. The molecule has 140 valence electrons. The van der Waals surface area contributed by atoms with Gasteiger partial charge >= 0.3 is 0 Å². The van der Waals surface area contributed by atoms with Gasteiger partial charge in [0.2, 0.25) is 0 Å². The zero-order valence-electron chi connectivity index (χ0n) is 14.4. The Morgan fingerprint density at radius 3 is 2.48 bits per heavy atom. The van der Waals surface area contributed by atoms with Crippen LogP contribution in [0.1, 0.15) is 6.92 Å². The normalized spacial score (nSPS) is 11.3. The van der Waals surface area contributed by atoms with Crippen LogP contribution in [-0.2, 0) is 10.0 Å². The number of sulfonamides is 1. The van der Waals surface area contributed by atoms with Crippen molar-refractivity contribution in [3.8, 4) is 5.75 Å². The summed E-state index contributed by atoms with van der Waals surface area (Å²) in [6.07, 6.45) is 0. The number of anilines is 2. The lowest BCUT2D eigenvalue weighted by molar-refractivity contribution is -0.383. The summed E-state index contributed by atoms with van der Waals surface area (Å²) in [7, 11) is -4.00. The third-order valence-corrected chi connectivity index (χ3v) is 5.35. The van der Waals surface area contributed by atoms with Crippen molar-refractivity contribution in [3.05, 3.63) is 64.7 Å². The Morgan fingerprint density at radius 1 is 1.11 bits per heavy atom. The number of ether oxygens (including phenoxy) is 1. The summed E-state index contributed by atoms with van der Waals surface area (Å²) >= 11 is 0. The molecule has 0 bridgehead atoms. The van der Waals surface area contributed by atoms with E-state index >= 15 is 0 Å². The first-order valence-electron chi connectivity index (χ1n) is 8.04. The zero-order chi connectivity index (χ0) is 19.6. The fourth-order valence-electron chi connectivity index (χ4n) is 2.73. The van der Waals surface area contributed by atoms with Crippen molar-refractivity contribution in [1.29, 1.82) is 0 Å². The quantitative estimate of drug-likeness (QED) is 0.379. The summed E-state index contributed by atoms with van der Waals surface area (Å²) in [6, 6.07) is 13.7. The van der Waals surface area contributed by atoms with Crippen LogP contribution in [0.15, 0.2) is 59.5 Å². The van der Waals surface area contributed by atoms with Crippen LogP contribution in [-0.4, -0.2) is 19.9 Å². The molecule has 3 N–H and O–H groups in total. The van der Waals surface area contributed by atoms with Gasteiger partial charge in [0, 0.05) is 16.8 Å². The van der Waals surface area contributed by atoms with Crippen molar-refractivity contribution in [2.24, 2.45) is 0 Å². The molecule has 0 radical (unpaired) electrons. The molecule has 0 unspecified atom stereocenters. The first kappa shape index (κ1) is 18.5. The van der Waals surface area contributed by atoms with Crippen LogP contribution in [0.25, 0.3) is 10.8 Å². The smallest absolute Gasteiger partial charge is 0.294 e. The van der Waals surface area contributed by atoms with Gasteiger partial charge in [-0.1, -0.05) is 24.3 Å². The molecule has 0 aliphatic carbocycles. The van der Waals surface area contributed by atoms with E-state index < -0.39 is 14.9 Å². The second-order valence-electron chi connectivity index (χ2n) is 5.68. The van der Waals surface area contributed by atoms with Gasteiger partial charge in [0.25, 0.3) is 15.7 Å². The molecular weight excluding hydrogens is 370 g/mol. The maximum absolute atomic E-state index is 12.9. The first-order valence-corrected chi connectivity index (χ1v) is 9.53. The summed E-state index contributed by atoms with van der Waals surface area (Å²) in [6.45, 7) is 2.29. The molecule has 9 heteroatoms. The highest BCUT2D eigenvalue weighted by Gasteiger charge is 2.21. The monoisotopic (exact) mass is 387 g/mol. The molecule has 0 saturated carbocycles. The van der Waals surface area contributed by atoms with Gasteiger partial charge in [-0.25, -0.2) is 8.42 Å². The van der Waals surface area contributed by atoms with Gasteiger partial charge in [-0.3, -0.25) is 14.8 Å². The third-order valence-electron chi connectivity index (χ3n) is 3.91. The van der Waals surface area contributed by atoms with Crippen LogP contribution in [0.5, 0.6) is 5.75 Å². The highest BCUT2D eigenvalue weighted by molar-refractivity contribution is 7.93. The zero-order valence-corrected chi connectivity index (χ0v) is 15.2. The fourth-order valence-corrected chi connectivity index (χ4v) is 4.00. The molecule has 0 aromatic heterocycles. The molecular formula is C18H17N3O5S. The molecule has 0 spiro atoms. The van der Waals surface area contributed by atoms with Gasteiger partial charge in [-0.2, -0.15) is 0 Å². The molecule has 0 fully saturated rings. The minimum atomic E-state index is -4.00. The summed E-state index contributed by atoms with van der Waals surface area (Å²) in [5, 5.41) is 12.2. The number of nitrogens with two attached hydrogens (primary N) is 1. The van der Waals surface area contributed by atoms with E-state index in [4.69, 9.17) is 10.5 Å². The Kier molecular flexibility index (Phi) is 4.87. The molecule has 0 aliphatic heterocycles. The average molecular weight is 387 g/mol. The van der Waals surface area contributed by atoms with Gasteiger partial charge < -0.3 is 10.5 Å². The van der Waals surface area contributed by atoms with Crippen LogP contribution in [0.4, 0.5) is 17.1 Å². The van der Waals surface area contributed by atoms with E-state index in [1.165, 1.54) is 18.2 Å². The largest absolute Gasteiger partial charge is 0.493 e. The number of rotatable bonds is 6. The Labute approximate surface area is 155 Å². The molecule has 27 heavy (non-hydrogen) atoms. The van der Waals surface area contributed by atoms with Gasteiger partial charge in [-0.05, 0) is 31.2 Å². The van der Waals surface area contributed by atoms with Gasteiger partial charge in [0.05, 0.1) is 22.1 Å². The maximum Gasteiger partial charge on any atom is 0.294 e. The number of nitro groups is 1. The second kappa shape index (κ2) is 7.12. The van der Waals surface area contributed by atoms with E-state index in [2.05, 4.69) is 4.72 Å². The number of nitro benzene ring substituents is 1. The predicted molar refractivity (Wildman–Crippen MR) is 103 cm³/mol. The highest BCUT2D eigenvalue weighted by Crippen LogP contribution is 2.33. The number of nitrogens with zero attached hydrogens (tertiary/aromatic N) is 1. The summed E-state index contributed by atoms with van der Waals surface area (Å²) in [4.78, 5) is 10.4. The molecule has 0 saturated heterocycles. The Morgan fingerprint density at radius 2 is 1.81 bits per heavy atom. The second-order valence-corrected chi connectivity index (χ2v) is 7.33. The van der Waals surface area contributed by atoms with Gasteiger partial charge in [-0.15, -0.1) is 0 Å². The average Bonchev–Trinajstić information content (AvgIpc) is 2.63. The van der Waals surface area contributed by atoms with E-state index in [9.17, 15) is 18.5 Å². The van der Waals surface area contributed by atoms with E-state index in [1.807, 2.05) is 6.92 Å². The van der Waals surface area contributed by atoms with E-state index in [-0.39, 0.29) is 22.0 Å². The van der Waals surface area contributed by atoms with Crippen LogP contribution in [0.3, 0.4) is 0 Å². The van der Waals surface area contributed by atoms with Crippen LogP contribution in [0.2, 0.25) is 0 Å². The molecule has 3 rings (SSSR count). The standard InChI is InChI=1S/C18H17N3O5S/c1-2-26-17-9-10-18(14-6-4-3-5-13(14)17)27(24,25)20-12-7-8-15(19)16(11-12)21(22)23/h3-11,20H,2,19H2,1H3. The maximum atomic E-state index is 12.9. The number of nitrogens with one attached hydrogen (secondary N) is 1. The van der Waals surface area contributed by atoms with Gasteiger partial charge in [0.1, 0.15) is 11.4 Å². The number of fused-ring (bicyclic) bond motifs is 1. The lowest BCUT2D eigenvalue weighted by Gasteiger charge is -2.13. The number of hydrogen-bond acceptors (Lipinski definition) is 6. The lowest BCUT2D eigenvalue weighted by atomic mass is 10.1. The minimum absolute atomic E-state index is 0.0426. The molecule has 0 aliphatic rings. The van der Waals surface area contributed by atoms with Gasteiger partial charge in [0.15, 0.2) is 0 Å². The molecule has 8 nitrogen and oxygen atoms in total. The van der Waals surface area contributed by atoms with Crippen molar-refractivity contribution < 1.29 is 18.1 Å². The Bertz CT molecular complexity index is 1130. The van der Waals surface area contributed by atoms with Crippen molar-refractivity contribution >= 4 is 37.9 Å². The number of nitrogen functional groups attached to an aromatic ring is 1. The molecule has 3 aromatic carbocycles. The number of hydrogen-bond donors (Lipinski definition) is 2. The Balaban J connectivity index is 2.07. The van der Waals surface area contributed by atoms with Crippen LogP contribution in [0, 0.1) is 10.1 Å². The summed E-state index contributed by atoms with van der Waals surface area (Å²) in [5.41, 5.74) is 5.19. The topological polar surface area (TPSA) is 125 Å². The minimum Gasteiger partial charge on any atom is -0.493 e.